The molecule has 1 aromatic heterocycles. The summed E-state index contributed by atoms with van der Waals surface area (Å²) >= 11 is 6.12. The summed E-state index contributed by atoms with van der Waals surface area (Å²) in [6.45, 7) is 10.5. The summed E-state index contributed by atoms with van der Waals surface area (Å²) in [5.41, 5.74) is 1.26. The summed E-state index contributed by atoms with van der Waals surface area (Å²) in [6.07, 6.45) is 2.30. The average molecular weight is 418 g/mol. The molecular weight excluding hydrogens is 386 g/mol. The van der Waals surface area contributed by atoms with Gasteiger partial charge >= 0.3 is 0 Å². The maximum atomic E-state index is 6.12. The third kappa shape index (κ3) is 6.18. The van der Waals surface area contributed by atoms with E-state index in [1.807, 2.05) is 30.7 Å². The van der Waals surface area contributed by atoms with Gasteiger partial charge in [0.15, 0.2) is 11.8 Å². The number of unbranched alkanes of at least 4 members (excludes halogenated alkanes) is 1. The van der Waals surface area contributed by atoms with Gasteiger partial charge in [-0.2, -0.15) is 0 Å². The number of aliphatic imine (C=N–C) groups is 1. The fraction of sp³-hybridized carbons (Fsp3) is 0.571. The van der Waals surface area contributed by atoms with Crippen molar-refractivity contribution in [3.05, 3.63) is 46.5 Å². The molecule has 3 rings (SSSR count). The summed E-state index contributed by atoms with van der Waals surface area (Å²) in [5.74, 6) is 2.77. The molecule has 1 aliphatic rings. The van der Waals surface area contributed by atoms with Gasteiger partial charge in [0.2, 0.25) is 0 Å². The molecule has 1 saturated heterocycles. The van der Waals surface area contributed by atoms with Crippen LogP contribution in [0.1, 0.15) is 37.0 Å². The molecule has 2 aromatic rings. The molecule has 7 nitrogen and oxygen atoms in total. The van der Waals surface area contributed by atoms with Gasteiger partial charge in [0, 0.05) is 51.3 Å². The highest BCUT2D eigenvalue weighted by atomic mass is 35.5. The zero-order valence-electron chi connectivity index (χ0n) is 17.7. The summed E-state index contributed by atoms with van der Waals surface area (Å²) in [5, 5.41) is 12.7. The second-order valence-corrected chi connectivity index (χ2v) is 7.97. The fourth-order valence-electron chi connectivity index (χ4n) is 3.39. The van der Waals surface area contributed by atoms with E-state index in [9.17, 15) is 0 Å². The van der Waals surface area contributed by atoms with E-state index in [1.165, 1.54) is 5.56 Å². The molecule has 1 aromatic carbocycles. The zero-order chi connectivity index (χ0) is 20.6. The van der Waals surface area contributed by atoms with Crippen LogP contribution in [0.2, 0.25) is 5.02 Å². The number of guanidine groups is 1. The lowest BCUT2D eigenvalue weighted by atomic mass is 10.2. The Kier molecular flexibility index (Phi) is 7.89. The van der Waals surface area contributed by atoms with Crippen molar-refractivity contribution in [1.82, 2.24) is 29.9 Å². The molecule has 0 saturated carbocycles. The first-order valence-corrected chi connectivity index (χ1v) is 10.8. The smallest absolute Gasteiger partial charge is 0.194 e. The number of nitrogens with zero attached hydrogens (tertiary/aromatic N) is 6. The molecule has 0 atom stereocenters. The Morgan fingerprint density at radius 2 is 2.00 bits per heavy atom. The van der Waals surface area contributed by atoms with Crippen molar-refractivity contribution in [2.75, 3.05) is 32.7 Å². The number of aryl methyl sites for hydroxylation is 1. The SMILES string of the molecule is CCCCNC(=NCc1nnc(C)n1C)N1CCN(Cc2cccc(Cl)c2)CC1. The van der Waals surface area contributed by atoms with Gasteiger partial charge in [0.05, 0.1) is 0 Å². The minimum absolute atomic E-state index is 0.536. The van der Waals surface area contributed by atoms with Crippen LogP contribution in [-0.2, 0) is 20.1 Å². The Balaban J connectivity index is 1.59. The second-order valence-electron chi connectivity index (χ2n) is 7.54. The van der Waals surface area contributed by atoms with Crippen LogP contribution in [-0.4, -0.2) is 63.2 Å². The molecule has 8 heteroatoms. The molecule has 158 valence electrons. The van der Waals surface area contributed by atoms with E-state index < -0.39 is 0 Å². The molecule has 0 aliphatic carbocycles. The molecule has 0 spiro atoms. The molecule has 1 N–H and O–H groups in total. The predicted octanol–water partition coefficient (Wildman–Crippen LogP) is 2.84. The maximum absolute atomic E-state index is 6.12. The monoisotopic (exact) mass is 417 g/mol. The molecule has 29 heavy (non-hydrogen) atoms. The van der Waals surface area contributed by atoms with Crippen LogP contribution in [0.25, 0.3) is 0 Å². The molecular formula is C21H32ClN7. The minimum atomic E-state index is 0.536. The minimum Gasteiger partial charge on any atom is -0.356 e. The van der Waals surface area contributed by atoms with Gasteiger partial charge in [-0.25, -0.2) is 4.99 Å². The van der Waals surface area contributed by atoms with Crippen LogP contribution < -0.4 is 5.32 Å². The van der Waals surface area contributed by atoms with E-state index in [2.05, 4.69) is 44.4 Å². The molecule has 2 heterocycles. The second kappa shape index (κ2) is 10.6. The largest absolute Gasteiger partial charge is 0.356 e. The Morgan fingerprint density at radius 3 is 2.66 bits per heavy atom. The van der Waals surface area contributed by atoms with E-state index in [0.29, 0.717) is 6.54 Å². The quantitative estimate of drug-likeness (QED) is 0.426. The van der Waals surface area contributed by atoms with Crippen molar-refractivity contribution in [3.8, 4) is 0 Å². The van der Waals surface area contributed by atoms with Gasteiger partial charge < -0.3 is 14.8 Å². The molecule has 0 unspecified atom stereocenters. The third-order valence-corrected chi connectivity index (χ3v) is 5.57. The number of benzene rings is 1. The van der Waals surface area contributed by atoms with Crippen LogP contribution in [0, 0.1) is 6.92 Å². The zero-order valence-corrected chi connectivity index (χ0v) is 18.5. The Hall–Kier alpha value is -2.12. The first-order valence-electron chi connectivity index (χ1n) is 10.4. The molecule has 0 bridgehead atoms. The van der Waals surface area contributed by atoms with Gasteiger partial charge in [0.1, 0.15) is 12.4 Å². The summed E-state index contributed by atoms with van der Waals surface area (Å²) in [6, 6.07) is 8.13. The highest BCUT2D eigenvalue weighted by molar-refractivity contribution is 6.30. The van der Waals surface area contributed by atoms with Gasteiger partial charge in [0.25, 0.3) is 0 Å². The Morgan fingerprint density at radius 1 is 1.21 bits per heavy atom. The number of nitrogens with one attached hydrogen (secondary N) is 1. The van der Waals surface area contributed by atoms with Gasteiger partial charge in [-0.3, -0.25) is 4.90 Å². The number of hydrogen-bond donors (Lipinski definition) is 1. The van der Waals surface area contributed by atoms with Crippen molar-refractivity contribution < 1.29 is 0 Å². The van der Waals surface area contributed by atoms with Crippen LogP contribution in [0.5, 0.6) is 0 Å². The Labute approximate surface area is 178 Å². The summed E-state index contributed by atoms with van der Waals surface area (Å²) < 4.78 is 2.00. The van der Waals surface area contributed by atoms with Crippen molar-refractivity contribution in [2.45, 2.75) is 39.8 Å². The van der Waals surface area contributed by atoms with Crippen LogP contribution in [0.15, 0.2) is 29.3 Å². The lowest BCUT2D eigenvalue weighted by Gasteiger charge is -2.36. The highest BCUT2D eigenvalue weighted by Crippen LogP contribution is 2.14. The Bertz CT molecular complexity index is 809. The number of halogens is 1. The maximum Gasteiger partial charge on any atom is 0.194 e. The number of rotatable bonds is 7. The number of hydrogen-bond acceptors (Lipinski definition) is 4. The van der Waals surface area contributed by atoms with Crippen LogP contribution in [0.3, 0.4) is 0 Å². The van der Waals surface area contributed by atoms with E-state index in [4.69, 9.17) is 16.6 Å². The molecule has 1 fully saturated rings. The van der Waals surface area contributed by atoms with Crippen LogP contribution in [0.4, 0.5) is 0 Å². The third-order valence-electron chi connectivity index (χ3n) is 5.33. The van der Waals surface area contributed by atoms with E-state index >= 15 is 0 Å². The first-order chi connectivity index (χ1) is 14.1. The van der Waals surface area contributed by atoms with Crippen molar-refractivity contribution in [1.29, 1.82) is 0 Å². The van der Waals surface area contributed by atoms with E-state index in [0.717, 1.165) is 74.7 Å². The highest BCUT2D eigenvalue weighted by Gasteiger charge is 2.20. The molecule has 0 radical (unpaired) electrons. The van der Waals surface area contributed by atoms with E-state index in [1.54, 1.807) is 0 Å². The van der Waals surface area contributed by atoms with Crippen molar-refractivity contribution in [2.24, 2.45) is 12.0 Å². The van der Waals surface area contributed by atoms with Crippen LogP contribution >= 0.6 is 11.6 Å². The standard InChI is InChI=1S/C21H32ClN7/c1-4-5-9-23-21(24-15-20-26-25-17(2)27(20)3)29-12-10-28(11-13-29)16-18-7-6-8-19(22)14-18/h6-8,14H,4-5,9-13,15-16H2,1-3H3,(H,23,24). The van der Waals surface area contributed by atoms with E-state index in [-0.39, 0.29) is 0 Å². The molecule has 1 aliphatic heterocycles. The topological polar surface area (TPSA) is 61.6 Å². The normalized spacial score (nSPS) is 15.7. The number of aromatic nitrogens is 3. The van der Waals surface area contributed by atoms with Gasteiger partial charge in [-0.15, -0.1) is 10.2 Å². The van der Waals surface area contributed by atoms with Crippen molar-refractivity contribution >= 4 is 17.6 Å². The lowest BCUT2D eigenvalue weighted by molar-refractivity contribution is 0.172. The van der Waals surface area contributed by atoms with Gasteiger partial charge in [-0.1, -0.05) is 37.1 Å². The summed E-state index contributed by atoms with van der Waals surface area (Å²) in [4.78, 5) is 9.68. The van der Waals surface area contributed by atoms with Crippen molar-refractivity contribution in [3.63, 3.8) is 0 Å². The summed E-state index contributed by atoms with van der Waals surface area (Å²) in [7, 11) is 1.99. The average Bonchev–Trinajstić information content (AvgIpc) is 3.03. The lowest BCUT2D eigenvalue weighted by Crippen LogP contribution is -2.52. The van der Waals surface area contributed by atoms with Gasteiger partial charge in [-0.05, 0) is 31.0 Å². The molecule has 0 amide bonds. The fourth-order valence-corrected chi connectivity index (χ4v) is 3.60. The number of piperazine rings is 1. The predicted molar refractivity (Wildman–Crippen MR) is 118 cm³/mol. The first kappa shape index (κ1) is 21.6.